The summed E-state index contributed by atoms with van der Waals surface area (Å²) in [6, 6.07) is 0. The molecule has 0 unspecified atom stereocenters. The maximum atomic E-state index is 5.75. The van der Waals surface area contributed by atoms with Gasteiger partial charge in [0, 0.05) is 19.6 Å². The van der Waals surface area contributed by atoms with Gasteiger partial charge in [0.1, 0.15) is 0 Å². The van der Waals surface area contributed by atoms with E-state index in [0.29, 0.717) is 6.54 Å². The van der Waals surface area contributed by atoms with Crippen LogP contribution >= 0.6 is 0 Å². The molecule has 2 N–H and O–H groups in total. The highest BCUT2D eigenvalue weighted by Crippen LogP contribution is 2.22. The first kappa shape index (κ1) is 8.44. The molecule has 2 aliphatic heterocycles. The maximum absolute atomic E-state index is 5.75. The summed E-state index contributed by atoms with van der Waals surface area (Å²) in [7, 11) is 0. The highest BCUT2D eigenvalue weighted by molar-refractivity contribution is 4.96. The van der Waals surface area contributed by atoms with Crippen LogP contribution in [0.1, 0.15) is 0 Å². The molecule has 2 aliphatic rings. The number of rotatable bonds is 1. The molecule has 4 heteroatoms. The molecule has 0 bridgehead atoms. The quantitative estimate of drug-likeness (QED) is 0.554. The number of nitrogens with two attached hydrogens (primary N) is 1. The van der Waals surface area contributed by atoms with E-state index in [4.69, 9.17) is 15.2 Å². The van der Waals surface area contributed by atoms with Crippen LogP contribution < -0.4 is 5.73 Å². The molecular formula is C8H16N2O2. The van der Waals surface area contributed by atoms with Crippen molar-refractivity contribution in [1.29, 1.82) is 0 Å². The van der Waals surface area contributed by atoms with Gasteiger partial charge in [0.15, 0.2) is 0 Å². The molecule has 2 heterocycles. The van der Waals surface area contributed by atoms with Crippen molar-refractivity contribution >= 4 is 0 Å². The van der Waals surface area contributed by atoms with Crippen molar-refractivity contribution in [3.63, 3.8) is 0 Å². The number of hydrogen-bond acceptors (Lipinski definition) is 4. The van der Waals surface area contributed by atoms with E-state index >= 15 is 0 Å². The van der Waals surface area contributed by atoms with E-state index in [9.17, 15) is 0 Å². The Labute approximate surface area is 72.6 Å². The second kappa shape index (κ2) is 3.30. The van der Waals surface area contributed by atoms with Crippen molar-refractivity contribution in [2.45, 2.75) is 5.54 Å². The van der Waals surface area contributed by atoms with Crippen molar-refractivity contribution in [3.8, 4) is 0 Å². The fraction of sp³-hybridized carbons (Fsp3) is 1.00. The lowest BCUT2D eigenvalue weighted by atomic mass is 9.97. The zero-order chi connectivity index (χ0) is 8.44. The van der Waals surface area contributed by atoms with Crippen LogP contribution in [0.4, 0.5) is 0 Å². The summed E-state index contributed by atoms with van der Waals surface area (Å²) in [6.45, 7) is 5.75. The molecule has 0 spiro atoms. The molecule has 0 amide bonds. The van der Waals surface area contributed by atoms with Gasteiger partial charge in [0.05, 0.1) is 32.0 Å². The molecule has 0 atom stereocenters. The van der Waals surface area contributed by atoms with Gasteiger partial charge in [0.25, 0.3) is 0 Å². The fourth-order valence-corrected chi connectivity index (χ4v) is 1.93. The van der Waals surface area contributed by atoms with E-state index in [0.717, 1.165) is 39.5 Å². The lowest BCUT2D eigenvalue weighted by Crippen LogP contribution is -2.66. The van der Waals surface area contributed by atoms with Crippen molar-refractivity contribution in [1.82, 2.24) is 4.90 Å². The molecule has 0 aromatic carbocycles. The van der Waals surface area contributed by atoms with Gasteiger partial charge < -0.3 is 15.2 Å². The second-order valence-electron chi connectivity index (χ2n) is 3.52. The van der Waals surface area contributed by atoms with Crippen LogP contribution in [0.2, 0.25) is 0 Å². The molecule has 2 rings (SSSR count). The Morgan fingerprint density at radius 1 is 1.17 bits per heavy atom. The minimum absolute atomic E-state index is 0.0174. The normalized spacial score (nSPS) is 29.8. The Kier molecular flexibility index (Phi) is 2.32. The Hall–Kier alpha value is -0.160. The van der Waals surface area contributed by atoms with Gasteiger partial charge in [0.2, 0.25) is 0 Å². The predicted octanol–water partition coefficient (Wildman–Crippen LogP) is -0.954. The van der Waals surface area contributed by atoms with Crippen LogP contribution in [-0.2, 0) is 9.47 Å². The molecular weight excluding hydrogens is 156 g/mol. The Morgan fingerprint density at radius 3 is 2.17 bits per heavy atom. The van der Waals surface area contributed by atoms with Gasteiger partial charge in [-0.05, 0) is 0 Å². The van der Waals surface area contributed by atoms with Crippen LogP contribution in [0.5, 0.6) is 0 Å². The zero-order valence-corrected chi connectivity index (χ0v) is 7.29. The Bertz CT molecular complexity index is 151. The Morgan fingerprint density at radius 2 is 1.75 bits per heavy atom. The van der Waals surface area contributed by atoms with E-state index in [-0.39, 0.29) is 5.54 Å². The third-order valence-corrected chi connectivity index (χ3v) is 2.80. The summed E-state index contributed by atoms with van der Waals surface area (Å²) in [4.78, 5) is 2.40. The molecule has 0 aliphatic carbocycles. The minimum Gasteiger partial charge on any atom is -0.378 e. The van der Waals surface area contributed by atoms with E-state index in [1.54, 1.807) is 0 Å². The van der Waals surface area contributed by atoms with Crippen molar-refractivity contribution in [2.24, 2.45) is 5.73 Å². The number of hydrogen-bond donors (Lipinski definition) is 1. The standard InChI is InChI=1S/C8H16N2O2/c9-5-8-6-11-3-1-10(8)2-4-12-7-8/h1-7,9H2. The molecule has 0 aromatic rings. The van der Waals surface area contributed by atoms with Crippen LogP contribution in [0.15, 0.2) is 0 Å². The number of nitrogens with zero attached hydrogens (tertiary/aromatic N) is 1. The molecule has 70 valence electrons. The highest BCUT2D eigenvalue weighted by Gasteiger charge is 2.40. The molecule has 0 radical (unpaired) electrons. The molecule has 0 saturated carbocycles. The van der Waals surface area contributed by atoms with E-state index in [2.05, 4.69) is 4.90 Å². The largest absolute Gasteiger partial charge is 0.378 e. The van der Waals surface area contributed by atoms with Crippen LogP contribution in [0, 0.1) is 0 Å². The minimum atomic E-state index is -0.0174. The van der Waals surface area contributed by atoms with Crippen molar-refractivity contribution in [3.05, 3.63) is 0 Å². The first-order chi connectivity index (χ1) is 5.87. The van der Waals surface area contributed by atoms with E-state index in [1.165, 1.54) is 0 Å². The third kappa shape index (κ3) is 1.25. The Balaban J connectivity index is 2.10. The lowest BCUT2D eigenvalue weighted by molar-refractivity contribution is -0.137. The van der Waals surface area contributed by atoms with Gasteiger partial charge in [-0.25, -0.2) is 0 Å². The average molecular weight is 172 g/mol. The monoisotopic (exact) mass is 172 g/mol. The smallest absolute Gasteiger partial charge is 0.0803 e. The molecule has 4 nitrogen and oxygen atoms in total. The number of ether oxygens (including phenoxy) is 2. The first-order valence-corrected chi connectivity index (χ1v) is 4.48. The predicted molar refractivity (Wildman–Crippen MR) is 45.0 cm³/mol. The van der Waals surface area contributed by atoms with E-state index < -0.39 is 0 Å². The fourth-order valence-electron chi connectivity index (χ4n) is 1.93. The van der Waals surface area contributed by atoms with Gasteiger partial charge in [-0.3, -0.25) is 4.90 Å². The summed E-state index contributed by atoms with van der Waals surface area (Å²) in [5.41, 5.74) is 5.73. The second-order valence-corrected chi connectivity index (χ2v) is 3.52. The molecule has 2 saturated heterocycles. The van der Waals surface area contributed by atoms with Crippen molar-refractivity contribution < 1.29 is 9.47 Å². The number of fused-ring (bicyclic) bond motifs is 1. The molecule has 12 heavy (non-hydrogen) atoms. The molecule has 0 aromatic heterocycles. The van der Waals surface area contributed by atoms with Gasteiger partial charge in [-0.15, -0.1) is 0 Å². The van der Waals surface area contributed by atoms with Crippen LogP contribution in [0.25, 0.3) is 0 Å². The van der Waals surface area contributed by atoms with Crippen LogP contribution in [0.3, 0.4) is 0 Å². The SMILES string of the molecule is NCC12COCCN1CCOC2. The summed E-state index contributed by atoms with van der Waals surface area (Å²) >= 11 is 0. The summed E-state index contributed by atoms with van der Waals surface area (Å²) < 4.78 is 10.9. The summed E-state index contributed by atoms with van der Waals surface area (Å²) in [5.74, 6) is 0. The van der Waals surface area contributed by atoms with Gasteiger partial charge >= 0.3 is 0 Å². The van der Waals surface area contributed by atoms with Gasteiger partial charge in [-0.1, -0.05) is 0 Å². The third-order valence-electron chi connectivity index (χ3n) is 2.80. The summed E-state index contributed by atoms with van der Waals surface area (Å²) in [5, 5.41) is 0. The maximum Gasteiger partial charge on any atom is 0.0803 e. The summed E-state index contributed by atoms with van der Waals surface area (Å²) in [6.07, 6.45) is 0. The molecule has 2 fully saturated rings. The zero-order valence-electron chi connectivity index (χ0n) is 7.29. The van der Waals surface area contributed by atoms with Gasteiger partial charge in [-0.2, -0.15) is 0 Å². The van der Waals surface area contributed by atoms with Crippen molar-refractivity contribution in [2.75, 3.05) is 46.1 Å². The highest BCUT2D eigenvalue weighted by atomic mass is 16.5. The average Bonchev–Trinajstić information content (AvgIpc) is 2.18. The number of morpholine rings is 2. The lowest BCUT2D eigenvalue weighted by Gasteiger charge is -2.48. The topological polar surface area (TPSA) is 47.7 Å². The van der Waals surface area contributed by atoms with E-state index in [1.807, 2.05) is 0 Å². The van der Waals surface area contributed by atoms with Crippen LogP contribution in [-0.4, -0.2) is 56.5 Å². The first-order valence-electron chi connectivity index (χ1n) is 4.48.